The predicted molar refractivity (Wildman–Crippen MR) is 73.2 cm³/mol. The fourth-order valence-electron chi connectivity index (χ4n) is 1.44. The van der Waals surface area contributed by atoms with Gasteiger partial charge in [-0.2, -0.15) is 10.5 Å². The van der Waals surface area contributed by atoms with E-state index in [-0.39, 0.29) is 34.4 Å². The molecule has 0 aromatic heterocycles. The number of nitrogens with zero attached hydrogens (tertiary/aromatic N) is 2. The maximum Gasteiger partial charge on any atom is 0.233 e. The molecule has 1 atom stereocenters. The Balaban J connectivity index is 2.96. The van der Waals surface area contributed by atoms with Crippen molar-refractivity contribution in [2.45, 2.75) is 6.92 Å². The monoisotopic (exact) mass is 297 g/mol. The summed E-state index contributed by atoms with van der Waals surface area (Å²) in [5.74, 6) is -0.0242. The van der Waals surface area contributed by atoms with Crippen LogP contribution in [0.3, 0.4) is 0 Å². The lowest BCUT2D eigenvalue weighted by atomic mass is 10.1. The molecule has 0 aliphatic carbocycles. The molecule has 0 aliphatic heterocycles. The van der Waals surface area contributed by atoms with Gasteiger partial charge in [-0.25, -0.2) is 8.42 Å². The number of nitrogens with one attached hydrogen (secondary N) is 1. The average molecular weight is 298 g/mol. The maximum absolute atomic E-state index is 11.8. The second-order valence-electron chi connectivity index (χ2n) is 4.13. The molecule has 0 spiro atoms. The summed E-state index contributed by atoms with van der Waals surface area (Å²) in [4.78, 5) is 0. The molecule has 0 amide bonds. The summed E-state index contributed by atoms with van der Waals surface area (Å²) in [6, 6.07) is 7.89. The van der Waals surface area contributed by atoms with Crippen molar-refractivity contribution >= 4 is 27.3 Å². The first kappa shape index (κ1) is 15.3. The first-order chi connectivity index (χ1) is 8.91. The van der Waals surface area contributed by atoms with E-state index in [0.717, 1.165) is 0 Å². The van der Waals surface area contributed by atoms with E-state index in [0.29, 0.717) is 0 Å². The van der Waals surface area contributed by atoms with Crippen LogP contribution in [0.15, 0.2) is 18.2 Å². The Hall–Kier alpha value is -1.76. The molecule has 1 N–H and O–H groups in total. The molecule has 1 aromatic carbocycles. The maximum atomic E-state index is 11.8. The van der Waals surface area contributed by atoms with E-state index in [1.807, 2.05) is 12.1 Å². The summed E-state index contributed by atoms with van der Waals surface area (Å²) in [5, 5.41) is 17.6. The van der Waals surface area contributed by atoms with Crippen LogP contribution >= 0.6 is 11.6 Å². The van der Waals surface area contributed by atoms with Gasteiger partial charge in [-0.15, -0.1) is 11.6 Å². The quantitative estimate of drug-likeness (QED) is 0.842. The number of hydrogen-bond donors (Lipinski definition) is 1. The Labute approximate surface area is 117 Å². The fraction of sp³-hybridized carbons (Fsp3) is 0.333. The highest BCUT2D eigenvalue weighted by molar-refractivity contribution is 7.92. The van der Waals surface area contributed by atoms with Gasteiger partial charge in [0.05, 0.1) is 16.9 Å². The molecular weight excluding hydrogens is 286 g/mol. The average Bonchev–Trinajstić information content (AvgIpc) is 2.37. The Kier molecular flexibility index (Phi) is 5.17. The van der Waals surface area contributed by atoms with Crippen LogP contribution in [0.1, 0.15) is 18.1 Å². The molecule has 100 valence electrons. The van der Waals surface area contributed by atoms with Crippen LogP contribution in [-0.2, 0) is 10.0 Å². The number of halogens is 1. The van der Waals surface area contributed by atoms with Gasteiger partial charge in [-0.05, 0) is 24.1 Å². The summed E-state index contributed by atoms with van der Waals surface area (Å²) in [5.41, 5.74) is 0.602. The first-order valence-corrected chi connectivity index (χ1v) is 7.61. The third-order valence-electron chi connectivity index (χ3n) is 2.30. The lowest BCUT2D eigenvalue weighted by molar-refractivity contribution is 0.588. The second-order valence-corrected chi connectivity index (χ2v) is 6.20. The van der Waals surface area contributed by atoms with Gasteiger partial charge in [0, 0.05) is 11.6 Å². The van der Waals surface area contributed by atoms with E-state index in [1.165, 1.54) is 18.2 Å². The van der Waals surface area contributed by atoms with Crippen molar-refractivity contribution in [2.75, 3.05) is 16.4 Å². The van der Waals surface area contributed by atoms with Crippen LogP contribution in [-0.4, -0.2) is 20.1 Å². The molecule has 0 aliphatic rings. The number of nitriles is 2. The third-order valence-corrected chi connectivity index (χ3v) is 4.38. The number of alkyl halides is 1. The van der Waals surface area contributed by atoms with Gasteiger partial charge in [-0.3, -0.25) is 4.72 Å². The first-order valence-electron chi connectivity index (χ1n) is 5.42. The molecule has 1 rings (SSSR count). The highest BCUT2D eigenvalue weighted by atomic mass is 35.5. The molecule has 0 bridgehead atoms. The van der Waals surface area contributed by atoms with Crippen LogP contribution in [0, 0.1) is 28.6 Å². The topological polar surface area (TPSA) is 93.8 Å². The second kappa shape index (κ2) is 6.42. The molecule has 0 radical (unpaired) electrons. The minimum Gasteiger partial charge on any atom is -0.284 e. The molecular formula is C12H12ClN3O2S. The normalized spacial score (nSPS) is 12.2. The van der Waals surface area contributed by atoms with Crippen LogP contribution in [0.5, 0.6) is 0 Å². The zero-order valence-corrected chi connectivity index (χ0v) is 11.8. The Morgan fingerprint density at radius 3 is 2.47 bits per heavy atom. The Morgan fingerprint density at radius 1 is 1.32 bits per heavy atom. The summed E-state index contributed by atoms with van der Waals surface area (Å²) in [6.07, 6.45) is 0. The lowest BCUT2D eigenvalue weighted by Crippen LogP contribution is -2.22. The minimum absolute atomic E-state index is 0.0988. The number of benzene rings is 1. The smallest absolute Gasteiger partial charge is 0.233 e. The number of sulfonamides is 1. The van der Waals surface area contributed by atoms with Gasteiger partial charge < -0.3 is 0 Å². The van der Waals surface area contributed by atoms with Gasteiger partial charge >= 0.3 is 0 Å². The fourth-order valence-corrected chi connectivity index (χ4v) is 3.11. The molecule has 0 heterocycles. The third kappa shape index (κ3) is 4.44. The van der Waals surface area contributed by atoms with Crippen molar-refractivity contribution in [2.24, 2.45) is 5.92 Å². The van der Waals surface area contributed by atoms with Gasteiger partial charge in [0.15, 0.2) is 0 Å². The Morgan fingerprint density at radius 2 is 1.95 bits per heavy atom. The number of rotatable bonds is 5. The van der Waals surface area contributed by atoms with Crippen LogP contribution < -0.4 is 4.72 Å². The van der Waals surface area contributed by atoms with E-state index in [9.17, 15) is 8.42 Å². The molecule has 19 heavy (non-hydrogen) atoms. The largest absolute Gasteiger partial charge is 0.284 e. The van der Waals surface area contributed by atoms with Gasteiger partial charge in [0.25, 0.3) is 0 Å². The summed E-state index contributed by atoms with van der Waals surface area (Å²) in [6.45, 7) is 1.73. The predicted octanol–water partition coefficient (Wildman–Crippen LogP) is 2.05. The summed E-state index contributed by atoms with van der Waals surface area (Å²) in [7, 11) is -3.52. The van der Waals surface area contributed by atoms with Crippen molar-refractivity contribution in [3.63, 3.8) is 0 Å². The molecule has 0 saturated carbocycles. The molecule has 1 unspecified atom stereocenters. The van der Waals surface area contributed by atoms with E-state index >= 15 is 0 Å². The molecule has 0 saturated heterocycles. The van der Waals surface area contributed by atoms with E-state index in [1.54, 1.807) is 6.92 Å². The number of anilines is 1. The van der Waals surface area contributed by atoms with Gasteiger partial charge in [0.1, 0.15) is 12.1 Å². The zero-order valence-electron chi connectivity index (χ0n) is 10.2. The lowest BCUT2D eigenvalue weighted by Gasteiger charge is -2.11. The van der Waals surface area contributed by atoms with Crippen molar-refractivity contribution < 1.29 is 8.42 Å². The van der Waals surface area contributed by atoms with Crippen molar-refractivity contribution in [3.05, 3.63) is 29.3 Å². The van der Waals surface area contributed by atoms with E-state index < -0.39 is 10.0 Å². The summed E-state index contributed by atoms with van der Waals surface area (Å²) < 4.78 is 26.0. The minimum atomic E-state index is -3.52. The molecule has 0 fully saturated rings. The van der Waals surface area contributed by atoms with Crippen molar-refractivity contribution in [1.29, 1.82) is 10.5 Å². The van der Waals surface area contributed by atoms with Crippen LogP contribution in [0.2, 0.25) is 0 Å². The van der Waals surface area contributed by atoms with Gasteiger partial charge in [-0.1, -0.05) is 6.92 Å². The van der Waals surface area contributed by atoms with E-state index in [2.05, 4.69) is 4.72 Å². The van der Waals surface area contributed by atoms with Crippen LogP contribution in [0.25, 0.3) is 0 Å². The SMILES string of the molecule is CC(CCl)CS(=O)(=O)Nc1ccc(C#N)c(C#N)c1. The molecule has 1 aromatic rings. The zero-order chi connectivity index (χ0) is 14.5. The highest BCUT2D eigenvalue weighted by Crippen LogP contribution is 2.17. The number of hydrogen-bond acceptors (Lipinski definition) is 4. The van der Waals surface area contributed by atoms with Crippen LogP contribution in [0.4, 0.5) is 5.69 Å². The molecule has 5 nitrogen and oxygen atoms in total. The van der Waals surface area contributed by atoms with Gasteiger partial charge in [0.2, 0.25) is 10.0 Å². The Bertz CT molecular complexity index is 644. The standard InChI is InChI=1S/C12H12ClN3O2S/c1-9(5-13)8-19(17,18)16-12-3-2-10(6-14)11(4-12)7-15/h2-4,9,16H,5,8H2,1H3. The van der Waals surface area contributed by atoms with Crippen molar-refractivity contribution in [1.82, 2.24) is 0 Å². The molecule has 7 heteroatoms. The highest BCUT2D eigenvalue weighted by Gasteiger charge is 2.15. The van der Waals surface area contributed by atoms with E-state index in [4.69, 9.17) is 22.1 Å². The van der Waals surface area contributed by atoms with Crippen molar-refractivity contribution in [3.8, 4) is 12.1 Å². The summed E-state index contributed by atoms with van der Waals surface area (Å²) >= 11 is 5.58.